The normalized spacial score (nSPS) is 10.8. The van der Waals surface area contributed by atoms with E-state index in [0.717, 1.165) is 30.4 Å². The Morgan fingerprint density at radius 3 is 0.861 bits per heavy atom. The van der Waals surface area contributed by atoms with Gasteiger partial charge in [0.15, 0.2) is 0 Å². The lowest BCUT2D eigenvalue weighted by atomic mass is 10.2. The van der Waals surface area contributed by atoms with Crippen molar-refractivity contribution < 1.29 is 14.2 Å². The molecule has 0 radical (unpaired) electrons. The maximum atomic E-state index is 13.4. The molecular weight excluding hydrogens is 462 g/mol. The second-order valence-corrected chi connectivity index (χ2v) is 8.15. The van der Waals surface area contributed by atoms with Crippen LogP contribution in [0.4, 0.5) is 0 Å². The van der Waals surface area contributed by atoms with E-state index in [4.69, 9.17) is 14.2 Å². The minimum absolute atomic E-state index is 0.00711. The van der Waals surface area contributed by atoms with Crippen LogP contribution in [0, 0.1) is 0 Å². The van der Waals surface area contributed by atoms with E-state index in [1.165, 1.54) is 0 Å². The van der Waals surface area contributed by atoms with Gasteiger partial charge in [-0.1, -0.05) is 36.4 Å². The lowest BCUT2D eigenvalue weighted by molar-refractivity contribution is 0.414. The SMILES string of the molecule is COc1ccc(Cn2c(=O)n(Cc3ccc(OC)cc3)c(=O)n(Cc3ccc(OC)cc3)c2=O)cc1. The van der Waals surface area contributed by atoms with Crippen LogP contribution in [0.25, 0.3) is 0 Å². The Labute approximate surface area is 207 Å². The molecule has 1 aromatic heterocycles. The van der Waals surface area contributed by atoms with Crippen LogP contribution in [0.3, 0.4) is 0 Å². The summed E-state index contributed by atoms with van der Waals surface area (Å²) in [6.45, 7) is 0.0213. The summed E-state index contributed by atoms with van der Waals surface area (Å²) >= 11 is 0. The van der Waals surface area contributed by atoms with Gasteiger partial charge in [0.05, 0.1) is 41.0 Å². The Morgan fingerprint density at radius 1 is 0.444 bits per heavy atom. The zero-order valence-corrected chi connectivity index (χ0v) is 20.3. The highest BCUT2D eigenvalue weighted by Gasteiger charge is 2.17. The molecule has 0 saturated carbocycles. The number of methoxy groups -OCH3 is 3. The van der Waals surface area contributed by atoms with Crippen molar-refractivity contribution in [3.05, 3.63) is 121 Å². The summed E-state index contributed by atoms with van der Waals surface area (Å²) in [4.78, 5) is 40.2. The molecule has 0 N–H and O–H groups in total. The molecule has 0 unspecified atom stereocenters. The first-order valence-electron chi connectivity index (χ1n) is 11.3. The topological polar surface area (TPSA) is 93.7 Å². The van der Waals surface area contributed by atoms with Gasteiger partial charge in [-0.2, -0.15) is 0 Å². The van der Waals surface area contributed by atoms with E-state index < -0.39 is 17.1 Å². The first kappa shape index (κ1) is 24.6. The van der Waals surface area contributed by atoms with Crippen molar-refractivity contribution in [1.29, 1.82) is 0 Å². The van der Waals surface area contributed by atoms with Crippen molar-refractivity contribution in [3.63, 3.8) is 0 Å². The molecule has 0 atom stereocenters. The molecule has 0 aliphatic carbocycles. The first-order valence-corrected chi connectivity index (χ1v) is 11.3. The fourth-order valence-electron chi connectivity index (χ4n) is 3.83. The van der Waals surface area contributed by atoms with Crippen LogP contribution in [0.1, 0.15) is 16.7 Å². The molecule has 0 saturated heterocycles. The third kappa shape index (κ3) is 5.25. The van der Waals surface area contributed by atoms with Gasteiger partial charge >= 0.3 is 17.1 Å². The van der Waals surface area contributed by atoms with Gasteiger partial charge < -0.3 is 14.2 Å². The fraction of sp³-hybridized carbons (Fsp3) is 0.222. The van der Waals surface area contributed by atoms with Crippen molar-refractivity contribution >= 4 is 0 Å². The zero-order valence-electron chi connectivity index (χ0n) is 20.3. The van der Waals surface area contributed by atoms with Crippen LogP contribution >= 0.6 is 0 Å². The van der Waals surface area contributed by atoms with E-state index >= 15 is 0 Å². The molecule has 9 heteroatoms. The molecule has 186 valence electrons. The largest absolute Gasteiger partial charge is 0.497 e. The number of rotatable bonds is 9. The van der Waals surface area contributed by atoms with E-state index in [0.29, 0.717) is 17.2 Å². The highest BCUT2D eigenvalue weighted by atomic mass is 16.5. The Morgan fingerprint density at radius 2 is 0.667 bits per heavy atom. The van der Waals surface area contributed by atoms with E-state index in [-0.39, 0.29) is 19.6 Å². The van der Waals surface area contributed by atoms with Crippen LogP contribution in [-0.4, -0.2) is 35.0 Å². The molecule has 4 aromatic rings. The predicted molar refractivity (Wildman–Crippen MR) is 136 cm³/mol. The third-order valence-corrected chi connectivity index (χ3v) is 5.88. The molecule has 0 bridgehead atoms. The summed E-state index contributed by atoms with van der Waals surface area (Å²) in [5.74, 6) is 1.98. The molecule has 9 nitrogen and oxygen atoms in total. The van der Waals surface area contributed by atoms with Crippen molar-refractivity contribution in [2.24, 2.45) is 0 Å². The first-order chi connectivity index (χ1) is 17.4. The van der Waals surface area contributed by atoms with Gasteiger partial charge in [-0.05, 0) is 53.1 Å². The van der Waals surface area contributed by atoms with Gasteiger partial charge in [0.25, 0.3) is 0 Å². The monoisotopic (exact) mass is 489 g/mol. The van der Waals surface area contributed by atoms with E-state index in [2.05, 4.69) is 0 Å². The van der Waals surface area contributed by atoms with Gasteiger partial charge in [0.1, 0.15) is 17.2 Å². The summed E-state index contributed by atoms with van der Waals surface area (Å²) in [5, 5.41) is 0. The Bertz CT molecular complexity index is 1280. The predicted octanol–water partition coefficient (Wildman–Crippen LogP) is 2.34. The Kier molecular flexibility index (Phi) is 7.39. The van der Waals surface area contributed by atoms with Crippen molar-refractivity contribution in [3.8, 4) is 17.2 Å². The van der Waals surface area contributed by atoms with Crippen LogP contribution in [-0.2, 0) is 19.6 Å². The minimum atomic E-state index is -0.678. The van der Waals surface area contributed by atoms with E-state index in [9.17, 15) is 14.4 Å². The lowest BCUT2D eigenvalue weighted by Gasteiger charge is -2.15. The summed E-state index contributed by atoms with van der Waals surface area (Å²) in [5.41, 5.74) is 0.134. The van der Waals surface area contributed by atoms with Gasteiger partial charge in [-0.3, -0.25) is 0 Å². The highest BCUT2D eigenvalue weighted by Crippen LogP contribution is 2.14. The molecule has 1 heterocycles. The minimum Gasteiger partial charge on any atom is -0.497 e. The Hall–Kier alpha value is -4.53. The van der Waals surface area contributed by atoms with E-state index in [1.54, 1.807) is 94.1 Å². The van der Waals surface area contributed by atoms with E-state index in [1.807, 2.05) is 0 Å². The zero-order chi connectivity index (χ0) is 25.7. The fourth-order valence-corrected chi connectivity index (χ4v) is 3.83. The number of hydrogen-bond acceptors (Lipinski definition) is 6. The van der Waals surface area contributed by atoms with Gasteiger partial charge in [-0.15, -0.1) is 0 Å². The smallest absolute Gasteiger partial charge is 0.336 e. The Balaban J connectivity index is 1.80. The number of benzene rings is 3. The number of hydrogen-bond donors (Lipinski definition) is 0. The average Bonchev–Trinajstić information content (AvgIpc) is 2.92. The van der Waals surface area contributed by atoms with Gasteiger partial charge in [0.2, 0.25) is 0 Å². The maximum Gasteiger partial charge on any atom is 0.336 e. The third-order valence-electron chi connectivity index (χ3n) is 5.88. The molecule has 0 fully saturated rings. The number of ether oxygens (including phenoxy) is 3. The molecule has 4 rings (SSSR count). The molecular formula is C27H27N3O6. The summed E-state index contributed by atoms with van der Waals surface area (Å²) in [6.07, 6.45) is 0. The second kappa shape index (κ2) is 10.8. The molecule has 0 amide bonds. The molecule has 0 spiro atoms. The average molecular weight is 490 g/mol. The van der Waals surface area contributed by atoms with Crippen LogP contribution in [0.15, 0.2) is 87.2 Å². The quantitative estimate of drug-likeness (QED) is 0.358. The number of aromatic nitrogens is 3. The summed E-state index contributed by atoms with van der Waals surface area (Å²) in [6, 6.07) is 21.2. The van der Waals surface area contributed by atoms with Crippen LogP contribution < -0.4 is 31.3 Å². The maximum absolute atomic E-state index is 13.4. The van der Waals surface area contributed by atoms with Crippen molar-refractivity contribution in [1.82, 2.24) is 13.7 Å². The molecule has 36 heavy (non-hydrogen) atoms. The van der Waals surface area contributed by atoms with Gasteiger partial charge in [0, 0.05) is 0 Å². The molecule has 0 aliphatic rings. The summed E-state index contributed by atoms with van der Waals surface area (Å²) < 4.78 is 18.8. The van der Waals surface area contributed by atoms with Crippen molar-refractivity contribution in [2.75, 3.05) is 21.3 Å². The van der Waals surface area contributed by atoms with Crippen LogP contribution in [0.2, 0.25) is 0 Å². The standard InChI is InChI=1S/C27H27N3O6/c1-34-22-10-4-19(5-11-22)16-28-25(31)29(17-20-6-12-23(35-2)13-7-20)27(33)30(26(28)32)18-21-8-14-24(36-3)15-9-21/h4-15H,16-18H2,1-3H3. The van der Waals surface area contributed by atoms with Crippen molar-refractivity contribution in [2.45, 2.75) is 19.6 Å². The summed E-state index contributed by atoms with van der Waals surface area (Å²) in [7, 11) is 4.69. The lowest BCUT2D eigenvalue weighted by Crippen LogP contribution is -2.54. The van der Waals surface area contributed by atoms with Gasteiger partial charge in [-0.25, -0.2) is 28.1 Å². The second-order valence-electron chi connectivity index (χ2n) is 8.15. The molecule has 0 aliphatic heterocycles. The highest BCUT2D eigenvalue weighted by molar-refractivity contribution is 5.29. The number of nitrogens with zero attached hydrogens (tertiary/aromatic N) is 3. The molecule has 3 aromatic carbocycles. The van der Waals surface area contributed by atoms with Crippen LogP contribution in [0.5, 0.6) is 17.2 Å².